The van der Waals surface area contributed by atoms with Crippen LogP contribution in [-0.4, -0.2) is 30.3 Å². The molecule has 2 aliphatic rings. The summed E-state index contributed by atoms with van der Waals surface area (Å²) in [5, 5.41) is 3.05. The number of ether oxygens (including phenoxy) is 2. The van der Waals surface area contributed by atoms with Crippen molar-refractivity contribution in [3.8, 4) is 11.5 Å². The first kappa shape index (κ1) is 16.7. The van der Waals surface area contributed by atoms with Crippen LogP contribution in [0.4, 0.5) is 9.18 Å². The third-order valence-corrected chi connectivity index (χ3v) is 4.86. The van der Waals surface area contributed by atoms with E-state index in [9.17, 15) is 9.18 Å². The van der Waals surface area contributed by atoms with E-state index < -0.39 is 0 Å². The molecule has 1 heterocycles. The number of rotatable bonds is 5. The van der Waals surface area contributed by atoms with Gasteiger partial charge in [-0.25, -0.2) is 9.18 Å². The molecule has 2 atom stereocenters. The Balaban J connectivity index is 1.36. The summed E-state index contributed by atoms with van der Waals surface area (Å²) in [4.78, 5) is 14.3. The molecule has 5 nitrogen and oxygen atoms in total. The van der Waals surface area contributed by atoms with Crippen LogP contribution in [0.25, 0.3) is 0 Å². The summed E-state index contributed by atoms with van der Waals surface area (Å²) in [7, 11) is 0. The molecule has 136 valence electrons. The zero-order valence-corrected chi connectivity index (χ0v) is 14.6. The Morgan fingerprint density at radius 3 is 2.88 bits per heavy atom. The first-order valence-corrected chi connectivity index (χ1v) is 8.83. The molecule has 2 amide bonds. The normalized spacial score (nSPS) is 19.9. The minimum absolute atomic E-state index is 0.0649. The molecular weight excluding hydrogens is 335 g/mol. The van der Waals surface area contributed by atoms with Crippen molar-refractivity contribution in [2.24, 2.45) is 0 Å². The lowest BCUT2D eigenvalue weighted by atomic mass is 10.1. The van der Waals surface area contributed by atoms with E-state index in [1.165, 1.54) is 6.07 Å². The van der Waals surface area contributed by atoms with Crippen molar-refractivity contribution in [1.29, 1.82) is 0 Å². The van der Waals surface area contributed by atoms with Gasteiger partial charge in [-0.3, -0.25) is 0 Å². The summed E-state index contributed by atoms with van der Waals surface area (Å²) < 4.78 is 24.1. The van der Waals surface area contributed by atoms with Crippen LogP contribution >= 0.6 is 0 Å². The highest BCUT2D eigenvalue weighted by atomic mass is 19.1. The molecule has 2 aromatic carbocycles. The number of urea groups is 1. The van der Waals surface area contributed by atoms with E-state index >= 15 is 0 Å². The maximum atomic E-state index is 13.3. The number of nitrogens with one attached hydrogen (secondary N) is 1. The smallest absolute Gasteiger partial charge is 0.317 e. The number of hydrogen-bond donors (Lipinski definition) is 1. The van der Waals surface area contributed by atoms with Gasteiger partial charge in [0, 0.05) is 25.0 Å². The van der Waals surface area contributed by atoms with Gasteiger partial charge in [-0.15, -0.1) is 0 Å². The zero-order valence-electron chi connectivity index (χ0n) is 14.6. The summed E-state index contributed by atoms with van der Waals surface area (Å²) >= 11 is 0. The molecule has 0 radical (unpaired) electrons. The lowest BCUT2D eigenvalue weighted by Crippen LogP contribution is -2.40. The monoisotopic (exact) mass is 356 g/mol. The largest absolute Gasteiger partial charge is 0.454 e. The van der Waals surface area contributed by atoms with Crippen LogP contribution in [0.1, 0.15) is 30.4 Å². The van der Waals surface area contributed by atoms with Gasteiger partial charge in [0.2, 0.25) is 6.79 Å². The van der Waals surface area contributed by atoms with E-state index in [4.69, 9.17) is 9.47 Å². The Hall–Kier alpha value is -2.76. The van der Waals surface area contributed by atoms with Crippen molar-refractivity contribution in [3.63, 3.8) is 0 Å². The molecule has 1 fully saturated rings. The van der Waals surface area contributed by atoms with E-state index in [1.807, 2.05) is 31.2 Å². The van der Waals surface area contributed by atoms with Crippen LogP contribution in [0.3, 0.4) is 0 Å². The molecule has 0 aromatic heterocycles. The molecule has 2 aromatic rings. The Bertz CT molecular complexity index is 826. The fourth-order valence-corrected chi connectivity index (χ4v) is 3.30. The second kappa shape index (κ2) is 6.86. The van der Waals surface area contributed by atoms with Crippen LogP contribution in [0.5, 0.6) is 11.5 Å². The lowest BCUT2D eigenvalue weighted by molar-refractivity contribution is 0.173. The lowest BCUT2D eigenvalue weighted by Gasteiger charge is -2.22. The third-order valence-electron chi connectivity index (χ3n) is 4.86. The number of hydrogen-bond acceptors (Lipinski definition) is 3. The summed E-state index contributed by atoms with van der Waals surface area (Å²) in [5.74, 6) is 1.40. The fourth-order valence-electron chi connectivity index (χ4n) is 3.30. The second-order valence-electron chi connectivity index (χ2n) is 6.65. The predicted molar refractivity (Wildman–Crippen MR) is 94.7 cm³/mol. The molecule has 4 rings (SSSR count). The van der Waals surface area contributed by atoms with E-state index in [1.54, 1.807) is 17.0 Å². The summed E-state index contributed by atoms with van der Waals surface area (Å²) in [6.07, 6.45) is 0.844. The van der Waals surface area contributed by atoms with Crippen molar-refractivity contribution in [1.82, 2.24) is 10.2 Å². The highest BCUT2D eigenvalue weighted by molar-refractivity contribution is 5.75. The van der Waals surface area contributed by atoms with Crippen LogP contribution in [-0.2, 0) is 6.54 Å². The number of amides is 2. The van der Waals surface area contributed by atoms with Gasteiger partial charge < -0.3 is 19.7 Å². The van der Waals surface area contributed by atoms with Crippen molar-refractivity contribution >= 4 is 6.03 Å². The predicted octanol–water partition coefficient (Wildman–Crippen LogP) is 3.64. The number of nitrogens with zero attached hydrogens (tertiary/aromatic N) is 1. The molecule has 0 saturated heterocycles. The maximum absolute atomic E-state index is 13.3. The van der Waals surface area contributed by atoms with Gasteiger partial charge in [0.15, 0.2) is 11.5 Å². The van der Waals surface area contributed by atoms with Gasteiger partial charge >= 0.3 is 6.03 Å². The first-order chi connectivity index (χ1) is 12.6. The van der Waals surface area contributed by atoms with Gasteiger partial charge in [0.25, 0.3) is 0 Å². The van der Waals surface area contributed by atoms with Crippen molar-refractivity contribution in [3.05, 3.63) is 59.4 Å². The van der Waals surface area contributed by atoms with Crippen molar-refractivity contribution in [2.45, 2.75) is 31.8 Å². The number of carbonyl (C=O) groups is 1. The fraction of sp³-hybridized carbons (Fsp3) is 0.350. The Morgan fingerprint density at radius 1 is 1.23 bits per heavy atom. The molecule has 2 unspecified atom stereocenters. The van der Waals surface area contributed by atoms with Gasteiger partial charge in [-0.2, -0.15) is 0 Å². The van der Waals surface area contributed by atoms with E-state index in [-0.39, 0.29) is 30.6 Å². The average molecular weight is 356 g/mol. The number of carbonyl (C=O) groups excluding carboxylic acids is 1. The Kier molecular flexibility index (Phi) is 4.41. The van der Waals surface area contributed by atoms with Crippen molar-refractivity contribution in [2.75, 3.05) is 13.3 Å². The number of halogens is 1. The van der Waals surface area contributed by atoms with E-state index in [2.05, 4.69) is 5.32 Å². The molecule has 1 aliphatic carbocycles. The van der Waals surface area contributed by atoms with Crippen LogP contribution in [0.15, 0.2) is 42.5 Å². The summed E-state index contributed by atoms with van der Waals surface area (Å²) in [6, 6.07) is 12.3. The standard InChI is InChI=1S/C20H21FN2O3/c1-2-23(11-13-6-7-18-19(8-13)26-12-25-18)20(24)22-17-10-16(17)14-4-3-5-15(21)9-14/h3-9,16-17H,2,10-12H2,1H3,(H,22,24). The van der Waals surface area contributed by atoms with Gasteiger partial charge in [0.05, 0.1) is 0 Å². The maximum Gasteiger partial charge on any atom is 0.317 e. The number of benzene rings is 2. The molecule has 26 heavy (non-hydrogen) atoms. The third kappa shape index (κ3) is 3.45. The highest BCUT2D eigenvalue weighted by Crippen LogP contribution is 2.41. The minimum atomic E-state index is -0.238. The first-order valence-electron chi connectivity index (χ1n) is 8.83. The molecule has 0 bridgehead atoms. The SMILES string of the molecule is CCN(Cc1ccc2c(c1)OCO2)C(=O)NC1CC1c1cccc(F)c1. The Morgan fingerprint density at radius 2 is 2.08 bits per heavy atom. The quantitative estimate of drug-likeness (QED) is 0.890. The molecule has 1 saturated carbocycles. The van der Waals surface area contributed by atoms with Crippen LogP contribution in [0.2, 0.25) is 0 Å². The summed E-state index contributed by atoms with van der Waals surface area (Å²) in [6.45, 7) is 3.28. The average Bonchev–Trinajstić information content (AvgIpc) is 3.24. The van der Waals surface area contributed by atoms with Gasteiger partial charge in [0.1, 0.15) is 5.82 Å². The molecule has 1 aliphatic heterocycles. The molecule has 6 heteroatoms. The van der Waals surface area contributed by atoms with Gasteiger partial charge in [-0.05, 0) is 48.7 Å². The van der Waals surface area contributed by atoms with Crippen molar-refractivity contribution < 1.29 is 18.7 Å². The Labute approximate surface area is 151 Å². The van der Waals surface area contributed by atoms with Gasteiger partial charge in [-0.1, -0.05) is 18.2 Å². The van der Waals surface area contributed by atoms with Crippen LogP contribution in [0, 0.1) is 5.82 Å². The molecule has 0 spiro atoms. The molecule has 1 N–H and O–H groups in total. The highest BCUT2D eigenvalue weighted by Gasteiger charge is 2.40. The minimum Gasteiger partial charge on any atom is -0.454 e. The summed E-state index contributed by atoms with van der Waals surface area (Å²) in [5.41, 5.74) is 1.93. The topological polar surface area (TPSA) is 50.8 Å². The van der Waals surface area contributed by atoms with Crippen LogP contribution < -0.4 is 14.8 Å². The zero-order chi connectivity index (χ0) is 18.1. The second-order valence-corrected chi connectivity index (χ2v) is 6.65. The van der Waals surface area contributed by atoms with E-state index in [0.29, 0.717) is 18.8 Å². The van der Waals surface area contributed by atoms with E-state index in [0.717, 1.165) is 23.3 Å². The number of fused-ring (bicyclic) bond motifs is 1. The molecular formula is C20H21FN2O3.